The minimum Gasteiger partial charge on any atom is -0.450 e. The monoisotopic (exact) mass is 313 g/mol. The zero-order chi connectivity index (χ0) is 16.2. The van der Waals surface area contributed by atoms with E-state index in [1.807, 2.05) is 11.8 Å². The Balaban J connectivity index is 1.83. The Morgan fingerprint density at radius 3 is 3.04 bits per heavy atom. The van der Waals surface area contributed by atoms with E-state index >= 15 is 0 Å². The quantitative estimate of drug-likeness (QED) is 0.736. The highest BCUT2D eigenvalue weighted by atomic mass is 19.1. The molecule has 1 atom stereocenters. The Hall–Kier alpha value is -2.28. The highest BCUT2D eigenvalue weighted by molar-refractivity contribution is 5.70. The molecule has 0 radical (unpaired) electrons. The number of amides is 1. The van der Waals surface area contributed by atoms with Crippen molar-refractivity contribution in [3.05, 3.63) is 46.8 Å². The Bertz CT molecular complexity index is 699. The summed E-state index contributed by atoms with van der Waals surface area (Å²) in [5.41, 5.74) is 3.05. The maximum Gasteiger partial charge on any atom is 0.410 e. The molecule has 3 nitrogen and oxygen atoms in total. The molecule has 0 aromatic heterocycles. The molecular formula is C19H20FNO2. The third-order valence-electron chi connectivity index (χ3n) is 4.38. The fourth-order valence-electron chi connectivity index (χ4n) is 3.35. The fourth-order valence-corrected chi connectivity index (χ4v) is 3.35. The van der Waals surface area contributed by atoms with E-state index in [-0.39, 0.29) is 18.0 Å². The third-order valence-corrected chi connectivity index (χ3v) is 4.38. The number of carbonyl (C=O) groups excluding carboxylic acids is 1. The highest BCUT2D eigenvalue weighted by Crippen LogP contribution is 2.36. The number of allylic oxidation sites excluding steroid dienone is 1. The van der Waals surface area contributed by atoms with Crippen molar-refractivity contribution >= 4 is 6.09 Å². The van der Waals surface area contributed by atoms with Crippen LogP contribution in [-0.4, -0.2) is 30.2 Å². The minimum atomic E-state index is -0.273. The number of carbonyl (C=O) groups is 1. The van der Waals surface area contributed by atoms with Crippen LogP contribution in [0.5, 0.6) is 0 Å². The van der Waals surface area contributed by atoms with Crippen molar-refractivity contribution in [3.63, 3.8) is 0 Å². The van der Waals surface area contributed by atoms with Gasteiger partial charge in [-0.15, -0.1) is 0 Å². The van der Waals surface area contributed by atoms with Crippen molar-refractivity contribution in [3.8, 4) is 11.8 Å². The smallest absolute Gasteiger partial charge is 0.410 e. The van der Waals surface area contributed by atoms with E-state index in [1.54, 1.807) is 12.1 Å². The molecule has 4 heteroatoms. The molecule has 0 N–H and O–H groups in total. The number of nitrogens with zero attached hydrogens (tertiary/aromatic N) is 1. The van der Waals surface area contributed by atoms with Crippen LogP contribution >= 0.6 is 0 Å². The van der Waals surface area contributed by atoms with E-state index in [0.717, 1.165) is 31.3 Å². The zero-order valence-electron chi connectivity index (χ0n) is 13.3. The van der Waals surface area contributed by atoms with Crippen molar-refractivity contribution in [2.45, 2.75) is 38.6 Å². The van der Waals surface area contributed by atoms with Gasteiger partial charge in [-0.2, -0.15) is 0 Å². The van der Waals surface area contributed by atoms with Gasteiger partial charge in [-0.25, -0.2) is 9.18 Å². The lowest BCUT2D eigenvalue weighted by Crippen LogP contribution is -2.37. The molecular weight excluding hydrogens is 293 g/mol. The molecule has 1 unspecified atom stereocenters. The lowest BCUT2D eigenvalue weighted by molar-refractivity contribution is 0.103. The maximum absolute atomic E-state index is 13.2. The van der Waals surface area contributed by atoms with Crippen LogP contribution in [0.25, 0.3) is 0 Å². The number of likely N-dealkylation sites (tertiary alicyclic amines) is 1. The van der Waals surface area contributed by atoms with Crippen LogP contribution in [0.2, 0.25) is 0 Å². The average Bonchev–Trinajstić information content (AvgIpc) is 2.98. The standard InChI is InChI=1S/C19H20FNO2/c1-2-23-19(22)21-12-11-17-15(6-4-8-18(17)21)10-9-14-5-3-7-16(20)13-14/h3,5,7,13,18H,2,4,6,8,11-12H2,1H3. The molecule has 3 rings (SSSR count). The van der Waals surface area contributed by atoms with Crippen molar-refractivity contribution in [1.82, 2.24) is 4.90 Å². The first-order valence-electron chi connectivity index (χ1n) is 8.12. The van der Waals surface area contributed by atoms with Gasteiger partial charge in [-0.05, 0) is 56.4 Å². The molecule has 1 amide bonds. The van der Waals surface area contributed by atoms with Crippen LogP contribution in [0.1, 0.15) is 38.2 Å². The van der Waals surface area contributed by atoms with E-state index in [0.29, 0.717) is 18.7 Å². The SMILES string of the molecule is CCOC(=O)N1CCC2=C(C#Cc3cccc(F)c3)CCCC21. The first-order chi connectivity index (χ1) is 11.2. The van der Waals surface area contributed by atoms with E-state index in [1.165, 1.54) is 17.7 Å². The lowest BCUT2D eigenvalue weighted by atomic mass is 9.88. The van der Waals surface area contributed by atoms with E-state index < -0.39 is 0 Å². The summed E-state index contributed by atoms with van der Waals surface area (Å²) in [6, 6.07) is 6.45. The molecule has 1 fully saturated rings. The fraction of sp³-hybridized carbons (Fsp3) is 0.421. The first kappa shape index (κ1) is 15.6. The number of ether oxygens (including phenoxy) is 1. The van der Waals surface area contributed by atoms with E-state index in [9.17, 15) is 9.18 Å². The summed E-state index contributed by atoms with van der Waals surface area (Å²) >= 11 is 0. The summed E-state index contributed by atoms with van der Waals surface area (Å²) in [6.45, 7) is 2.92. The molecule has 23 heavy (non-hydrogen) atoms. The summed E-state index contributed by atoms with van der Waals surface area (Å²) in [5.74, 6) is 5.99. The normalized spacial score (nSPS) is 19.9. The third kappa shape index (κ3) is 3.39. The molecule has 1 saturated heterocycles. The predicted molar refractivity (Wildman–Crippen MR) is 86.3 cm³/mol. The molecule has 1 aromatic carbocycles. The number of hydrogen-bond donors (Lipinski definition) is 0. The zero-order valence-corrected chi connectivity index (χ0v) is 13.3. The van der Waals surface area contributed by atoms with Gasteiger partial charge in [-0.3, -0.25) is 0 Å². The van der Waals surface area contributed by atoms with Gasteiger partial charge in [-0.1, -0.05) is 17.9 Å². The van der Waals surface area contributed by atoms with Crippen molar-refractivity contribution in [2.24, 2.45) is 0 Å². The Morgan fingerprint density at radius 1 is 1.39 bits per heavy atom. The Kier molecular flexibility index (Phi) is 4.66. The topological polar surface area (TPSA) is 29.5 Å². The van der Waals surface area contributed by atoms with Gasteiger partial charge in [0.2, 0.25) is 0 Å². The number of rotatable bonds is 1. The molecule has 0 spiro atoms. The summed E-state index contributed by atoms with van der Waals surface area (Å²) in [6.07, 6.45) is 3.55. The number of fused-ring (bicyclic) bond motifs is 1. The number of hydrogen-bond acceptors (Lipinski definition) is 2. The predicted octanol–water partition coefficient (Wildman–Crippen LogP) is 3.89. The molecule has 1 aromatic rings. The molecule has 1 aliphatic carbocycles. The number of halogens is 1. The summed E-state index contributed by atoms with van der Waals surface area (Å²) in [7, 11) is 0. The molecule has 1 aliphatic heterocycles. The molecule has 0 saturated carbocycles. The second kappa shape index (κ2) is 6.87. The summed E-state index contributed by atoms with van der Waals surface area (Å²) in [5, 5.41) is 0. The van der Waals surface area contributed by atoms with Gasteiger partial charge >= 0.3 is 6.09 Å². The largest absolute Gasteiger partial charge is 0.450 e. The van der Waals surface area contributed by atoms with Gasteiger partial charge in [0.1, 0.15) is 5.82 Å². The van der Waals surface area contributed by atoms with Gasteiger partial charge in [0, 0.05) is 17.7 Å². The van der Waals surface area contributed by atoms with Gasteiger partial charge < -0.3 is 9.64 Å². The summed E-state index contributed by atoms with van der Waals surface area (Å²) < 4.78 is 18.4. The van der Waals surface area contributed by atoms with E-state index in [2.05, 4.69) is 11.8 Å². The molecule has 1 heterocycles. The lowest BCUT2D eigenvalue weighted by Gasteiger charge is -2.28. The summed E-state index contributed by atoms with van der Waals surface area (Å²) in [4.78, 5) is 13.8. The van der Waals surface area contributed by atoms with E-state index in [4.69, 9.17) is 4.74 Å². The van der Waals surface area contributed by atoms with Crippen LogP contribution in [0.15, 0.2) is 35.4 Å². The second-order valence-electron chi connectivity index (χ2n) is 5.81. The molecule has 0 bridgehead atoms. The number of benzene rings is 1. The first-order valence-corrected chi connectivity index (χ1v) is 8.12. The van der Waals surface area contributed by atoms with Gasteiger partial charge in [0.15, 0.2) is 0 Å². The minimum absolute atomic E-state index is 0.125. The molecule has 120 valence electrons. The Morgan fingerprint density at radius 2 is 2.26 bits per heavy atom. The van der Waals surface area contributed by atoms with Crippen LogP contribution < -0.4 is 0 Å². The van der Waals surface area contributed by atoms with Crippen molar-refractivity contribution < 1.29 is 13.9 Å². The van der Waals surface area contributed by atoms with Crippen LogP contribution in [0.4, 0.5) is 9.18 Å². The Labute approximate surface area is 136 Å². The highest BCUT2D eigenvalue weighted by Gasteiger charge is 2.36. The van der Waals surface area contributed by atoms with Crippen LogP contribution in [0, 0.1) is 17.7 Å². The van der Waals surface area contributed by atoms with Crippen LogP contribution in [-0.2, 0) is 4.74 Å². The second-order valence-corrected chi connectivity index (χ2v) is 5.81. The maximum atomic E-state index is 13.2. The van der Waals surface area contributed by atoms with Crippen molar-refractivity contribution in [1.29, 1.82) is 0 Å². The van der Waals surface area contributed by atoms with Crippen molar-refractivity contribution in [2.75, 3.05) is 13.2 Å². The van der Waals surface area contributed by atoms with Gasteiger partial charge in [0.05, 0.1) is 12.6 Å². The van der Waals surface area contributed by atoms with Gasteiger partial charge in [0.25, 0.3) is 0 Å². The molecule has 2 aliphatic rings. The average molecular weight is 313 g/mol. The van der Waals surface area contributed by atoms with Crippen LogP contribution in [0.3, 0.4) is 0 Å².